The number of piperazine rings is 1. The van der Waals surface area contributed by atoms with Crippen molar-refractivity contribution in [1.82, 2.24) is 10.2 Å². The minimum atomic E-state index is -4.50. The van der Waals surface area contributed by atoms with Gasteiger partial charge in [0, 0.05) is 0 Å². The molecule has 1 saturated carbocycles. The molecule has 0 aromatic rings. The molecule has 2 fully saturated rings. The Morgan fingerprint density at radius 1 is 1.30 bits per heavy atom. The number of hydrogen-bond acceptors (Lipinski definition) is 2. The molecule has 1 heterocycles. The van der Waals surface area contributed by atoms with Crippen LogP contribution in [0.2, 0.25) is 0 Å². The lowest BCUT2D eigenvalue weighted by atomic mass is 9.89. The minimum Gasteiger partial charge on any atom is -0.340 e. The van der Waals surface area contributed by atoms with E-state index >= 15 is 0 Å². The maximum atomic E-state index is 13.3. The summed E-state index contributed by atoms with van der Waals surface area (Å²) >= 11 is 0. The van der Waals surface area contributed by atoms with Crippen LogP contribution in [0.3, 0.4) is 0 Å². The van der Waals surface area contributed by atoms with Gasteiger partial charge in [0.05, 0.1) is 0 Å². The van der Waals surface area contributed by atoms with Crippen LogP contribution in [0, 0.1) is 0 Å². The van der Waals surface area contributed by atoms with E-state index in [1.54, 1.807) is 13.8 Å². The Balaban J connectivity index is 2.46. The maximum absolute atomic E-state index is 13.3. The average molecular weight is 292 g/mol. The lowest BCUT2D eigenvalue weighted by Crippen LogP contribution is -2.73. The molecular formula is C13H19F3N2O2. The van der Waals surface area contributed by atoms with Crippen LogP contribution < -0.4 is 5.32 Å². The summed E-state index contributed by atoms with van der Waals surface area (Å²) in [5, 5.41) is 2.58. The Morgan fingerprint density at radius 3 is 2.20 bits per heavy atom. The van der Waals surface area contributed by atoms with Crippen molar-refractivity contribution in [3.8, 4) is 0 Å². The zero-order valence-electron chi connectivity index (χ0n) is 11.8. The van der Waals surface area contributed by atoms with Gasteiger partial charge < -0.3 is 10.2 Å². The molecule has 0 aromatic heterocycles. The molecule has 2 aliphatic rings. The third-order valence-electron chi connectivity index (χ3n) is 4.51. The highest BCUT2D eigenvalue weighted by molar-refractivity contribution is 6.00. The predicted molar refractivity (Wildman–Crippen MR) is 65.8 cm³/mol. The van der Waals surface area contributed by atoms with Gasteiger partial charge in [0.1, 0.15) is 17.1 Å². The summed E-state index contributed by atoms with van der Waals surface area (Å²) in [6.07, 6.45) is -4.30. The second kappa shape index (κ2) is 4.36. The highest BCUT2D eigenvalue weighted by Crippen LogP contribution is 2.55. The first kappa shape index (κ1) is 15.1. The third-order valence-corrected chi connectivity index (χ3v) is 4.51. The fraction of sp³-hybridized carbons (Fsp3) is 0.846. The summed E-state index contributed by atoms with van der Waals surface area (Å²) in [7, 11) is 0. The van der Waals surface area contributed by atoms with E-state index in [1.807, 2.05) is 0 Å². The molecule has 1 N–H and O–H groups in total. The highest BCUT2D eigenvalue weighted by Gasteiger charge is 2.71. The largest absolute Gasteiger partial charge is 0.411 e. The van der Waals surface area contributed by atoms with Crippen molar-refractivity contribution in [2.24, 2.45) is 0 Å². The van der Waals surface area contributed by atoms with E-state index < -0.39 is 35.1 Å². The lowest BCUT2D eigenvalue weighted by Gasteiger charge is -2.48. The van der Waals surface area contributed by atoms with E-state index in [1.165, 1.54) is 6.92 Å². The van der Waals surface area contributed by atoms with Gasteiger partial charge in [-0.1, -0.05) is 13.8 Å². The topological polar surface area (TPSA) is 49.4 Å². The molecule has 0 radical (unpaired) electrons. The average Bonchev–Trinajstić information content (AvgIpc) is 3.14. The van der Waals surface area contributed by atoms with Gasteiger partial charge in [0.25, 0.3) is 0 Å². The van der Waals surface area contributed by atoms with E-state index in [2.05, 4.69) is 5.32 Å². The van der Waals surface area contributed by atoms with Gasteiger partial charge in [-0.3, -0.25) is 9.59 Å². The number of alkyl halides is 3. The first-order chi connectivity index (χ1) is 9.13. The van der Waals surface area contributed by atoms with Crippen molar-refractivity contribution in [1.29, 1.82) is 0 Å². The van der Waals surface area contributed by atoms with Gasteiger partial charge >= 0.3 is 6.18 Å². The standard InChI is InChI=1S/C13H19F3N2O2/c1-4-8-9(19)17-11(3,5-2)10(20)18(8)12(6-7-12)13(14,15)16/h8H,4-7H2,1-3H3,(H,17,19). The molecular weight excluding hydrogens is 273 g/mol. The number of nitrogens with one attached hydrogen (secondary N) is 1. The first-order valence-corrected chi connectivity index (χ1v) is 6.85. The van der Waals surface area contributed by atoms with Crippen LogP contribution >= 0.6 is 0 Å². The van der Waals surface area contributed by atoms with Crippen molar-refractivity contribution in [3.63, 3.8) is 0 Å². The summed E-state index contributed by atoms with van der Waals surface area (Å²) in [5.41, 5.74) is -3.39. The molecule has 1 aliphatic carbocycles. The van der Waals surface area contributed by atoms with E-state index in [0.29, 0.717) is 0 Å². The number of carbonyl (C=O) groups excluding carboxylic acids is 2. The SMILES string of the molecule is CCC1C(=O)NC(C)(CC)C(=O)N1C1(C(F)(F)F)CC1. The minimum absolute atomic E-state index is 0.119. The summed E-state index contributed by atoms with van der Waals surface area (Å²) < 4.78 is 40.0. The van der Waals surface area contributed by atoms with Gasteiger partial charge in [0.15, 0.2) is 0 Å². The monoisotopic (exact) mass is 292 g/mol. The Labute approximate surface area is 115 Å². The highest BCUT2D eigenvalue weighted by atomic mass is 19.4. The van der Waals surface area contributed by atoms with Crippen LogP contribution in [0.4, 0.5) is 13.2 Å². The normalized spacial score (nSPS) is 33.1. The van der Waals surface area contributed by atoms with Gasteiger partial charge in [-0.2, -0.15) is 13.2 Å². The number of amides is 2. The lowest BCUT2D eigenvalue weighted by molar-refractivity contribution is -0.212. The molecule has 0 aromatic carbocycles. The first-order valence-electron chi connectivity index (χ1n) is 6.85. The molecule has 20 heavy (non-hydrogen) atoms. The molecule has 4 nitrogen and oxygen atoms in total. The Morgan fingerprint density at radius 2 is 1.85 bits per heavy atom. The van der Waals surface area contributed by atoms with Crippen molar-refractivity contribution < 1.29 is 22.8 Å². The summed E-state index contributed by atoms with van der Waals surface area (Å²) in [5.74, 6) is -1.12. The van der Waals surface area contributed by atoms with Crippen LogP contribution in [-0.2, 0) is 9.59 Å². The fourth-order valence-corrected chi connectivity index (χ4v) is 2.81. The van der Waals surface area contributed by atoms with E-state index in [9.17, 15) is 22.8 Å². The van der Waals surface area contributed by atoms with Crippen molar-refractivity contribution in [2.75, 3.05) is 0 Å². The number of carbonyl (C=O) groups is 2. The van der Waals surface area contributed by atoms with Gasteiger partial charge in [-0.15, -0.1) is 0 Å². The van der Waals surface area contributed by atoms with E-state index in [-0.39, 0.29) is 25.7 Å². The zero-order chi connectivity index (χ0) is 15.3. The summed E-state index contributed by atoms with van der Waals surface area (Å²) in [4.78, 5) is 25.4. The Kier molecular flexibility index (Phi) is 3.30. The summed E-state index contributed by atoms with van der Waals surface area (Å²) in [6, 6.07) is -1.04. The van der Waals surface area contributed by atoms with Crippen LogP contribution in [-0.4, -0.2) is 40.0 Å². The molecule has 1 aliphatic heterocycles. The molecule has 0 spiro atoms. The van der Waals surface area contributed by atoms with Crippen LogP contribution in [0.25, 0.3) is 0 Å². The molecule has 1 saturated heterocycles. The molecule has 2 rings (SSSR count). The smallest absolute Gasteiger partial charge is 0.340 e. The van der Waals surface area contributed by atoms with Gasteiger partial charge in [-0.05, 0) is 32.6 Å². The predicted octanol–water partition coefficient (Wildman–Crippen LogP) is 1.99. The second-order valence-corrected chi connectivity index (χ2v) is 5.80. The Hall–Kier alpha value is -1.27. The van der Waals surface area contributed by atoms with E-state index in [0.717, 1.165) is 4.90 Å². The van der Waals surface area contributed by atoms with Crippen LogP contribution in [0.15, 0.2) is 0 Å². The van der Waals surface area contributed by atoms with Crippen molar-refractivity contribution >= 4 is 11.8 Å². The summed E-state index contributed by atoms with van der Waals surface area (Å²) in [6.45, 7) is 4.78. The van der Waals surface area contributed by atoms with Crippen molar-refractivity contribution in [3.05, 3.63) is 0 Å². The molecule has 114 valence electrons. The van der Waals surface area contributed by atoms with Gasteiger partial charge in [-0.25, -0.2) is 0 Å². The van der Waals surface area contributed by atoms with Crippen LogP contribution in [0.1, 0.15) is 46.5 Å². The molecule has 2 unspecified atom stereocenters. The number of halogens is 3. The fourth-order valence-electron chi connectivity index (χ4n) is 2.81. The molecule has 2 amide bonds. The molecule has 2 atom stereocenters. The maximum Gasteiger partial charge on any atom is 0.411 e. The Bertz CT molecular complexity index is 445. The number of hydrogen-bond donors (Lipinski definition) is 1. The third kappa shape index (κ3) is 1.90. The van der Waals surface area contributed by atoms with Crippen molar-refractivity contribution in [2.45, 2.75) is 69.8 Å². The van der Waals surface area contributed by atoms with Gasteiger partial charge in [0.2, 0.25) is 11.8 Å². The zero-order valence-corrected chi connectivity index (χ0v) is 11.8. The second-order valence-electron chi connectivity index (χ2n) is 5.80. The quantitative estimate of drug-likeness (QED) is 0.865. The number of rotatable bonds is 3. The van der Waals surface area contributed by atoms with Crippen LogP contribution in [0.5, 0.6) is 0 Å². The number of nitrogens with zero attached hydrogens (tertiary/aromatic N) is 1. The molecule has 0 bridgehead atoms. The van der Waals surface area contributed by atoms with E-state index in [4.69, 9.17) is 0 Å². The molecule has 7 heteroatoms.